The third-order valence-electron chi connectivity index (χ3n) is 3.93. The van der Waals surface area contributed by atoms with E-state index in [1.54, 1.807) is 0 Å². The van der Waals surface area contributed by atoms with E-state index in [1.807, 2.05) is 30.3 Å². The quantitative estimate of drug-likeness (QED) is 0.340. The molecule has 1 aromatic rings. The van der Waals surface area contributed by atoms with E-state index >= 15 is 0 Å². The van der Waals surface area contributed by atoms with E-state index in [0.717, 1.165) is 18.5 Å². The number of para-hydroxylation sites is 1. The molecule has 1 aromatic carbocycles. The summed E-state index contributed by atoms with van der Waals surface area (Å²) >= 11 is 5.19. The van der Waals surface area contributed by atoms with Crippen LogP contribution in [0.4, 0.5) is 5.69 Å². The Bertz CT molecular complexity index is 555. The van der Waals surface area contributed by atoms with Crippen molar-refractivity contribution in [3.05, 3.63) is 30.3 Å². The number of carbonyl (C=O) groups is 1. The molecule has 4 N–H and O–H groups in total. The Labute approximate surface area is 168 Å². The molecule has 27 heavy (non-hydrogen) atoms. The van der Waals surface area contributed by atoms with Crippen LogP contribution in [-0.4, -0.2) is 35.4 Å². The molecule has 0 heterocycles. The number of aliphatic hydroxyl groups excluding tert-OH is 1. The summed E-state index contributed by atoms with van der Waals surface area (Å²) in [4.78, 5) is 12.5. The maximum absolute atomic E-state index is 12.5. The van der Waals surface area contributed by atoms with Gasteiger partial charge in [-0.2, -0.15) is 0 Å². The standard InChI is InChI=1S/C20H33N3O3S/c1-4-5-9-16(12-18(24)14-26-13-15(2)3)19(25)22-23-20(27)21-17-10-7-6-8-11-17/h6-8,10-11,15-16,18,24H,4-5,9,12-14H2,1-3H3,(H,22,25)(H2,21,23,27)/t16-,18+/m1/s1. The SMILES string of the molecule is CCCC[C@H](C[C@H](O)COCC(C)C)C(=O)NNC(=S)Nc1ccccc1. The first-order valence-electron chi connectivity index (χ1n) is 9.60. The van der Waals surface area contributed by atoms with Gasteiger partial charge in [0.25, 0.3) is 0 Å². The molecule has 0 spiro atoms. The van der Waals surface area contributed by atoms with Gasteiger partial charge in [0, 0.05) is 18.2 Å². The molecular formula is C20H33N3O3S. The van der Waals surface area contributed by atoms with Gasteiger partial charge >= 0.3 is 0 Å². The number of aliphatic hydroxyl groups is 1. The fourth-order valence-electron chi connectivity index (χ4n) is 2.55. The van der Waals surface area contributed by atoms with Crippen LogP contribution in [0.25, 0.3) is 0 Å². The summed E-state index contributed by atoms with van der Waals surface area (Å²) in [6.07, 6.45) is 2.33. The van der Waals surface area contributed by atoms with Gasteiger partial charge in [-0.1, -0.05) is 51.8 Å². The van der Waals surface area contributed by atoms with Gasteiger partial charge in [-0.3, -0.25) is 15.6 Å². The van der Waals surface area contributed by atoms with Gasteiger partial charge in [0.1, 0.15) is 0 Å². The summed E-state index contributed by atoms with van der Waals surface area (Å²) in [5.74, 6) is -0.0584. The van der Waals surface area contributed by atoms with E-state index in [-0.39, 0.29) is 18.4 Å². The second-order valence-electron chi connectivity index (χ2n) is 7.09. The summed E-state index contributed by atoms with van der Waals surface area (Å²) in [6, 6.07) is 9.47. The van der Waals surface area contributed by atoms with Crippen molar-refractivity contribution in [3.8, 4) is 0 Å². The molecule has 7 heteroatoms. The van der Waals surface area contributed by atoms with Gasteiger partial charge in [0.2, 0.25) is 5.91 Å². The second-order valence-corrected chi connectivity index (χ2v) is 7.50. The van der Waals surface area contributed by atoms with Crippen molar-refractivity contribution >= 4 is 28.9 Å². The maximum atomic E-state index is 12.5. The lowest BCUT2D eigenvalue weighted by molar-refractivity contribution is -0.127. The first kappa shape index (κ1) is 23.3. The zero-order chi connectivity index (χ0) is 20.1. The lowest BCUT2D eigenvalue weighted by Gasteiger charge is -2.21. The molecular weight excluding hydrogens is 362 g/mol. The minimum atomic E-state index is -0.661. The van der Waals surface area contributed by atoms with E-state index in [1.165, 1.54) is 0 Å². The molecule has 0 aliphatic rings. The number of ether oxygens (including phenoxy) is 1. The summed E-state index contributed by atoms with van der Waals surface area (Å²) in [7, 11) is 0. The third-order valence-corrected chi connectivity index (χ3v) is 4.13. The Morgan fingerprint density at radius 1 is 1.19 bits per heavy atom. The number of hydrazine groups is 1. The summed E-state index contributed by atoms with van der Waals surface area (Å²) in [5, 5.41) is 13.5. The predicted molar refractivity (Wildman–Crippen MR) is 113 cm³/mol. The molecule has 0 saturated carbocycles. The first-order valence-corrected chi connectivity index (χ1v) is 10.0. The lowest BCUT2D eigenvalue weighted by atomic mass is 9.95. The fourth-order valence-corrected chi connectivity index (χ4v) is 2.72. The Morgan fingerprint density at radius 2 is 1.89 bits per heavy atom. The van der Waals surface area contributed by atoms with Crippen LogP contribution in [0, 0.1) is 11.8 Å². The van der Waals surface area contributed by atoms with Crippen molar-refractivity contribution in [2.75, 3.05) is 18.5 Å². The molecule has 0 radical (unpaired) electrons. The highest BCUT2D eigenvalue weighted by atomic mass is 32.1. The number of anilines is 1. The molecule has 0 bridgehead atoms. The molecule has 1 rings (SSSR count). The topological polar surface area (TPSA) is 82.6 Å². The number of nitrogens with one attached hydrogen (secondary N) is 3. The van der Waals surface area contributed by atoms with Crippen molar-refractivity contribution in [2.24, 2.45) is 11.8 Å². The average molecular weight is 396 g/mol. The highest BCUT2D eigenvalue weighted by Gasteiger charge is 2.22. The molecule has 6 nitrogen and oxygen atoms in total. The second kappa shape index (κ2) is 13.5. The summed E-state index contributed by atoms with van der Waals surface area (Å²) in [5.41, 5.74) is 6.21. The molecule has 0 aliphatic heterocycles. The molecule has 0 unspecified atom stereocenters. The number of hydrogen-bond donors (Lipinski definition) is 4. The van der Waals surface area contributed by atoms with Crippen molar-refractivity contribution in [3.63, 3.8) is 0 Å². The van der Waals surface area contributed by atoms with Crippen molar-refractivity contribution in [1.82, 2.24) is 10.9 Å². The molecule has 152 valence electrons. The molecule has 1 amide bonds. The predicted octanol–water partition coefficient (Wildman–Crippen LogP) is 3.23. The van der Waals surface area contributed by atoms with E-state index in [2.05, 4.69) is 36.9 Å². The normalized spacial score (nSPS) is 13.1. The Kier molecular flexibility index (Phi) is 11.6. The smallest absolute Gasteiger partial charge is 0.241 e. The maximum Gasteiger partial charge on any atom is 0.241 e. The number of rotatable bonds is 11. The van der Waals surface area contributed by atoms with Gasteiger partial charge in [-0.25, -0.2) is 0 Å². The number of benzene rings is 1. The Morgan fingerprint density at radius 3 is 2.52 bits per heavy atom. The van der Waals surface area contributed by atoms with E-state index < -0.39 is 6.10 Å². The largest absolute Gasteiger partial charge is 0.391 e. The number of hydrogen-bond acceptors (Lipinski definition) is 4. The van der Waals surface area contributed by atoms with Crippen LogP contribution in [0.3, 0.4) is 0 Å². The van der Waals surface area contributed by atoms with E-state index in [4.69, 9.17) is 17.0 Å². The number of unbranched alkanes of at least 4 members (excludes halogenated alkanes) is 1. The molecule has 2 atom stereocenters. The third kappa shape index (κ3) is 10.9. The average Bonchev–Trinajstić information content (AvgIpc) is 2.63. The molecule has 0 aliphatic carbocycles. The number of amides is 1. The van der Waals surface area contributed by atoms with Crippen molar-refractivity contribution < 1.29 is 14.6 Å². The number of thiocarbonyl (C=S) groups is 1. The van der Waals surface area contributed by atoms with Gasteiger partial charge in [0.15, 0.2) is 5.11 Å². The summed E-state index contributed by atoms with van der Waals surface area (Å²) < 4.78 is 5.48. The van der Waals surface area contributed by atoms with Gasteiger partial charge in [-0.05, 0) is 43.1 Å². The van der Waals surface area contributed by atoms with E-state index in [0.29, 0.717) is 30.5 Å². The zero-order valence-electron chi connectivity index (χ0n) is 16.5. The van der Waals surface area contributed by atoms with Crippen LogP contribution in [-0.2, 0) is 9.53 Å². The van der Waals surface area contributed by atoms with Crippen LogP contribution < -0.4 is 16.2 Å². The first-order chi connectivity index (χ1) is 12.9. The fraction of sp³-hybridized carbons (Fsp3) is 0.600. The molecule has 0 saturated heterocycles. The van der Waals surface area contributed by atoms with Crippen molar-refractivity contribution in [1.29, 1.82) is 0 Å². The van der Waals surface area contributed by atoms with Crippen LogP contribution in [0.5, 0.6) is 0 Å². The number of carbonyl (C=O) groups excluding carboxylic acids is 1. The summed E-state index contributed by atoms with van der Waals surface area (Å²) in [6.45, 7) is 7.04. The Hall–Kier alpha value is -1.70. The minimum absolute atomic E-state index is 0.177. The monoisotopic (exact) mass is 395 g/mol. The zero-order valence-corrected chi connectivity index (χ0v) is 17.3. The van der Waals surface area contributed by atoms with Crippen LogP contribution >= 0.6 is 12.2 Å². The minimum Gasteiger partial charge on any atom is -0.391 e. The molecule has 0 aromatic heterocycles. The Balaban J connectivity index is 2.44. The van der Waals surface area contributed by atoms with Gasteiger partial charge in [-0.15, -0.1) is 0 Å². The van der Waals surface area contributed by atoms with Gasteiger partial charge < -0.3 is 15.2 Å². The van der Waals surface area contributed by atoms with Crippen LogP contribution in [0.2, 0.25) is 0 Å². The highest BCUT2D eigenvalue weighted by molar-refractivity contribution is 7.80. The van der Waals surface area contributed by atoms with E-state index in [9.17, 15) is 9.90 Å². The van der Waals surface area contributed by atoms with Crippen LogP contribution in [0.15, 0.2) is 30.3 Å². The highest BCUT2D eigenvalue weighted by Crippen LogP contribution is 2.16. The van der Waals surface area contributed by atoms with Gasteiger partial charge in [0.05, 0.1) is 12.7 Å². The molecule has 0 fully saturated rings. The van der Waals surface area contributed by atoms with Crippen molar-refractivity contribution in [2.45, 2.75) is 52.6 Å². The lowest BCUT2D eigenvalue weighted by Crippen LogP contribution is -2.47. The van der Waals surface area contributed by atoms with Crippen LogP contribution in [0.1, 0.15) is 46.5 Å².